The van der Waals surface area contributed by atoms with E-state index in [-0.39, 0.29) is 35.4 Å². The maximum atomic E-state index is 14.7. The van der Waals surface area contributed by atoms with Crippen LogP contribution in [0.1, 0.15) is 36.1 Å². The van der Waals surface area contributed by atoms with Crippen LogP contribution in [0.25, 0.3) is 0 Å². The van der Waals surface area contributed by atoms with Crippen LogP contribution < -0.4 is 14.4 Å². The van der Waals surface area contributed by atoms with Crippen molar-refractivity contribution in [2.24, 2.45) is 5.92 Å². The summed E-state index contributed by atoms with van der Waals surface area (Å²) in [6.07, 6.45) is 0.249. The molecular weight excluding hydrogens is 659 g/mol. The van der Waals surface area contributed by atoms with Gasteiger partial charge < -0.3 is 15.0 Å². The van der Waals surface area contributed by atoms with E-state index >= 15 is 0 Å². The number of anilines is 1. The summed E-state index contributed by atoms with van der Waals surface area (Å²) in [5.74, 6) is 0.518. The van der Waals surface area contributed by atoms with Gasteiger partial charge in [0.05, 0.1) is 10.6 Å². The van der Waals surface area contributed by atoms with E-state index in [1.165, 1.54) is 17.0 Å². The number of nitrogens with one attached hydrogen (secondary N) is 1. The zero-order valence-corrected chi connectivity index (χ0v) is 30.3. The Morgan fingerprint density at radius 1 is 0.706 bits per heavy atom. The predicted molar refractivity (Wildman–Crippen MR) is 202 cm³/mol. The average Bonchev–Trinajstić information content (AvgIpc) is 3.12. The molecule has 1 atom stereocenters. The van der Waals surface area contributed by atoms with Crippen molar-refractivity contribution in [2.45, 2.75) is 51.6 Å². The van der Waals surface area contributed by atoms with Gasteiger partial charge in [-0.2, -0.15) is 0 Å². The van der Waals surface area contributed by atoms with E-state index in [1.807, 2.05) is 113 Å². The fourth-order valence-electron chi connectivity index (χ4n) is 5.65. The van der Waals surface area contributed by atoms with Gasteiger partial charge in [0.2, 0.25) is 11.8 Å². The van der Waals surface area contributed by atoms with E-state index in [1.54, 1.807) is 36.4 Å². The minimum atomic E-state index is -4.23. The summed E-state index contributed by atoms with van der Waals surface area (Å²) < 4.78 is 35.9. The molecule has 1 N–H and O–H groups in total. The van der Waals surface area contributed by atoms with Gasteiger partial charge >= 0.3 is 0 Å². The maximum absolute atomic E-state index is 14.7. The Kier molecular flexibility index (Phi) is 12.3. The molecule has 0 aliphatic carbocycles. The zero-order valence-electron chi connectivity index (χ0n) is 29.5. The number of hydrogen-bond acceptors (Lipinski definition) is 5. The van der Waals surface area contributed by atoms with Crippen LogP contribution in [-0.4, -0.2) is 44.3 Å². The SMILES string of the molecule is Cc1ccc(S(=O)(=O)N(CC(=O)N(Cc2cccc(C)c2)[C@H](Cc2ccccc2)C(=O)NCC(C)C)c2ccc(Oc3ccccc3)cc2)cc1. The van der Waals surface area contributed by atoms with Crippen molar-refractivity contribution >= 4 is 27.5 Å². The standard InChI is InChI=1S/C42H45N3O5S/c1-31(2)28-43-42(47)40(27-34-13-7-5-8-14-34)44(29-35-15-11-12-33(4)26-35)41(46)30-45(51(48,49)39-24-18-32(3)19-25-39)36-20-22-38(23-21-36)50-37-16-9-6-10-17-37/h5-26,31,40H,27-30H2,1-4H3,(H,43,47)/t40-/m1/s1. The Morgan fingerprint density at radius 2 is 1.31 bits per heavy atom. The van der Waals surface area contributed by atoms with E-state index in [9.17, 15) is 18.0 Å². The summed E-state index contributed by atoms with van der Waals surface area (Å²) in [4.78, 5) is 30.3. The highest BCUT2D eigenvalue weighted by Gasteiger charge is 2.34. The van der Waals surface area contributed by atoms with Crippen molar-refractivity contribution < 1.29 is 22.7 Å². The first-order chi connectivity index (χ1) is 24.5. The number of para-hydroxylation sites is 1. The lowest BCUT2D eigenvalue weighted by atomic mass is 10.0. The number of nitrogens with zero attached hydrogens (tertiary/aromatic N) is 2. The zero-order chi connectivity index (χ0) is 36.4. The lowest BCUT2D eigenvalue weighted by molar-refractivity contribution is -0.140. The molecule has 0 aromatic heterocycles. The molecule has 2 amide bonds. The third-order valence-electron chi connectivity index (χ3n) is 8.38. The van der Waals surface area contributed by atoms with Crippen LogP contribution in [0.15, 0.2) is 138 Å². The van der Waals surface area contributed by atoms with Gasteiger partial charge in [-0.1, -0.05) is 110 Å². The molecule has 0 saturated heterocycles. The smallest absolute Gasteiger partial charge is 0.264 e. The minimum absolute atomic E-state index is 0.0475. The minimum Gasteiger partial charge on any atom is -0.457 e. The molecule has 9 heteroatoms. The molecule has 0 radical (unpaired) electrons. The van der Waals surface area contributed by atoms with Crippen LogP contribution in [0.2, 0.25) is 0 Å². The highest BCUT2D eigenvalue weighted by Crippen LogP contribution is 2.29. The number of hydrogen-bond donors (Lipinski definition) is 1. The van der Waals surface area contributed by atoms with Crippen LogP contribution in [0, 0.1) is 19.8 Å². The lowest BCUT2D eigenvalue weighted by Crippen LogP contribution is -2.53. The Morgan fingerprint density at radius 3 is 1.94 bits per heavy atom. The first-order valence-corrected chi connectivity index (χ1v) is 18.5. The summed E-state index contributed by atoms with van der Waals surface area (Å²) in [7, 11) is -4.23. The molecule has 0 aliphatic heterocycles. The van der Waals surface area contributed by atoms with E-state index in [4.69, 9.17) is 4.74 Å². The third kappa shape index (κ3) is 10.1. The number of sulfonamides is 1. The van der Waals surface area contributed by atoms with Gasteiger partial charge in [0, 0.05) is 19.5 Å². The van der Waals surface area contributed by atoms with E-state index < -0.39 is 28.5 Å². The van der Waals surface area contributed by atoms with Gasteiger partial charge in [-0.3, -0.25) is 13.9 Å². The van der Waals surface area contributed by atoms with E-state index in [0.29, 0.717) is 18.0 Å². The summed E-state index contributed by atoms with van der Waals surface area (Å²) in [6.45, 7) is 7.86. The van der Waals surface area contributed by atoms with Gasteiger partial charge in [0.1, 0.15) is 24.1 Å². The number of amides is 2. The van der Waals surface area contributed by atoms with Gasteiger partial charge in [0.25, 0.3) is 10.0 Å². The molecule has 5 aromatic carbocycles. The highest BCUT2D eigenvalue weighted by molar-refractivity contribution is 7.92. The van der Waals surface area contributed by atoms with Crippen LogP contribution in [-0.2, 0) is 32.6 Å². The first kappa shape index (κ1) is 36.9. The molecule has 0 heterocycles. The summed E-state index contributed by atoms with van der Waals surface area (Å²) >= 11 is 0. The molecule has 0 aliphatic rings. The number of carbonyl (C=O) groups is 2. The number of aryl methyl sites for hydroxylation is 2. The molecule has 0 saturated carbocycles. The molecular formula is C42H45N3O5S. The van der Waals surface area contributed by atoms with Crippen molar-refractivity contribution in [1.82, 2.24) is 10.2 Å². The lowest BCUT2D eigenvalue weighted by Gasteiger charge is -2.34. The summed E-state index contributed by atoms with van der Waals surface area (Å²) in [5, 5.41) is 3.03. The second kappa shape index (κ2) is 17.0. The van der Waals surface area contributed by atoms with Gasteiger partial charge in [-0.15, -0.1) is 0 Å². The van der Waals surface area contributed by atoms with Gasteiger partial charge in [-0.05, 0) is 79.4 Å². The highest BCUT2D eigenvalue weighted by atomic mass is 32.2. The van der Waals surface area contributed by atoms with Crippen LogP contribution >= 0.6 is 0 Å². The van der Waals surface area contributed by atoms with E-state index in [2.05, 4.69) is 5.32 Å². The molecule has 5 rings (SSSR count). The number of carbonyl (C=O) groups excluding carboxylic acids is 2. The Bertz CT molecular complexity index is 2000. The molecule has 264 valence electrons. The summed E-state index contributed by atoms with van der Waals surface area (Å²) in [6, 6.07) is 38.8. The number of benzene rings is 5. The molecule has 0 bridgehead atoms. The second-order valence-electron chi connectivity index (χ2n) is 13.1. The third-order valence-corrected chi connectivity index (χ3v) is 10.2. The topological polar surface area (TPSA) is 96.0 Å². The fraction of sp³-hybridized carbons (Fsp3) is 0.238. The van der Waals surface area contributed by atoms with Crippen molar-refractivity contribution in [3.05, 3.63) is 156 Å². The van der Waals surface area contributed by atoms with Gasteiger partial charge in [0.15, 0.2) is 0 Å². The van der Waals surface area contributed by atoms with Crippen molar-refractivity contribution in [2.75, 3.05) is 17.4 Å². The number of ether oxygens (including phenoxy) is 1. The van der Waals surface area contributed by atoms with Crippen LogP contribution in [0.3, 0.4) is 0 Å². The quantitative estimate of drug-likeness (QED) is 0.121. The molecule has 8 nitrogen and oxygen atoms in total. The molecule has 0 fully saturated rings. The van der Waals surface area contributed by atoms with Crippen molar-refractivity contribution in [3.8, 4) is 11.5 Å². The second-order valence-corrected chi connectivity index (χ2v) is 15.0. The molecule has 0 spiro atoms. The van der Waals surface area contributed by atoms with Crippen LogP contribution in [0.4, 0.5) is 5.69 Å². The average molecular weight is 704 g/mol. The number of rotatable bonds is 15. The van der Waals surface area contributed by atoms with Crippen molar-refractivity contribution in [3.63, 3.8) is 0 Å². The Labute approximate surface area is 301 Å². The monoisotopic (exact) mass is 703 g/mol. The van der Waals surface area contributed by atoms with Crippen LogP contribution in [0.5, 0.6) is 11.5 Å². The normalized spacial score (nSPS) is 11.9. The largest absolute Gasteiger partial charge is 0.457 e. The van der Waals surface area contributed by atoms with Crippen molar-refractivity contribution in [1.29, 1.82) is 0 Å². The molecule has 5 aromatic rings. The predicted octanol–water partition coefficient (Wildman–Crippen LogP) is 7.70. The Balaban J connectivity index is 1.56. The maximum Gasteiger partial charge on any atom is 0.264 e. The van der Waals surface area contributed by atoms with E-state index in [0.717, 1.165) is 26.6 Å². The molecule has 51 heavy (non-hydrogen) atoms. The molecule has 0 unspecified atom stereocenters. The Hall–Kier alpha value is -5.41. The summed E-state index contributed by atoms with van der Waals surface area (Å²) in [5.41, 5.74) is 3.89. The fourth-order valence-corrected chi connectivity index (χ4v) is 7.07. The van der Waals surface area contributed by atoms with Gasteiger partial charge in [-0.25, -0.2) is 8.42 Å². The first-order valence-electron chi connectivity index (χ1n) is 17.1.